The van der Waals surface area contributed by atoms with Gasteiger partial charge in [0.1, 0.15) is 6.54 Å². The summed E-state index contributed by atoms with van der Waals surface area (Å²) in [5, 5.41) is 13.3. The minimum atomic E-state index is -4.30. The van der Waals surface area contributed by atoms with Crippen LogP contribution in [0.15, 0.2) is 24.7 Å². The molecule has 2 unspecified atom stereocenters. The van der Waals surface area contributed by atoms with Crippen LogP contribution >= 0.6 is 0 Å². The van der Waals surface area contributed by atoms with E-state index >= 15 is 0 Å². The summed E-state index contributed by atoms with van der Waals surface area (Å²) in [6.45, 7) is 7.65. The molecular weight excluding hydrogens is 431 g/mol. The summed E-state index contributed by atoms with van der Waals surface area (Å²) in [6, 6.07) is 1.78. The Hall–Kier alpha value is -2.49. The smallest absolute Gasteiger partial charge is 0.303 e. The topological polar surface area (TPSA) is 64.7 Å². The van der Waals surface area contributed by atoms with Crippen molar-refractivity contribution in [3.05, 3.63) is 36.0 Å². The first-order chi connectivity index (χ1) is 15.8. The average molecular weight is 462 g/mol. The van der Waals surface area contributed by atoms with Gasteiger partial charge >= 0.3 is 6.18 Å². The predicted molar refractivity (Wildman–Crippen MR) is 118 cm³/mol. The van der Waals surface area contributed by atoms with E-state index < -0.39 is 12.7 Å². The Labute approximate surface area is 191 Å². The molecule has 4 heterocycles. The SMILES string of the molecule is CCN1CCC(Cn2cc(CC(C)[C@H]3C[C@@H]3c3cc4c(cn3)cnn4CC(F)(F)F)nn2)C1. The van der Waals surface area contributed by atoms with Crippen LogP contribution in [0.1, 0.15) is 44.0 Å². The molecule has 0 amide bonds. The molecule has 7 nitrogen and oxygen atoms in total. The van der Waals surface area contributed by atoms with Gasteiger partial charge in [0.25, 0.3) is 0 Å². The third-order valence-corrected chi connectivity index (χ3v) is 7.21. The van der Waals surface area contributed by atoms with Crippen LogP contribution in [-0.4, -0.2) is 60.5 Å². The number of pyridine rings is 1. The van der Waals surface area contributed by atoms with E-state index in [1.807, 2.05) is 4.68 Å². The van der Waals surface area contributed by atoms with Crippen molar-refractivity contribution < 1.29 is 13.2 Å². The second kappa shape index (κ2) is 8.70. The van der Waals surface area contributed by atoms with Crippen molar-refractivity contribution in [1.82, 2.24) is 34.7 Å². The van der Waals surface area contributed by atoms with Crippen LogP contribution in [0.5, 0.6) is 0 Å². The van der Waals surface area contributed by atoms with Gasteiger partial charge < -0.3 is 4.90 Å². The lowest BCUT2D eigenvalue weighted by atomic mass is 9.98. The second-order valence-electron chi connectivity index (χ2n) is 9.75. The molecule has 4 atom stereocenters. The number of halogens is 3. The molecule has 33 heavy (non-hydrogen) atoms. The third kappa shape index (κ3) is 5.05. The highest BCUT2D eigenvalue weighted by Gasteiger charge is 2.43. The van der Waals surface area contributed by atoms with Crippen molar-refractivity contribution in [1.29, 1.82) is 0 Å². The molecule has 3 aromatic rings. The lowest BCUT2D eigenvalue weighted by molar-refractivity contribution is -0.141. The van der Waals surface area contributed by atoms with E-state index in [9.17, 15) is 13.2 Å². The van der Waals surface area contributed by atoms with Crippen LogP contribution in [0, 0.1) is 17.8 Å². The molecule has 0 spiro atoms. The zero-order chi connectivity index (χ0) is 23.2. The summed E-state index contributed by atoms with van der Waals surface area (Å²) in [5.41, 5.74) is 2.35. The average Bonchev–Trinajstić information content (AvgIpc) is 3.05. The Bertz CT molecular complexity index is 1110. The molecule has 1 saturated heterocycles. The quantitative estimate of drug-likeness (QED) is 0.509. The minimum Gasteiger partial charge on any atom is -0.303 e. The lowest BCUT2D eigenvalue weighted by Gasteiger charge is -2.12. The van der Waals surface area contributed by atoms with Crippen LogP contribution in [0.25, 0.3) is 10.9 Å². The van der Waals surface area contributed by atoms with Gasteiger partial charge in [-0.2, -0.15) is 18.3 Å². The standard InChI is InChI=1S/C23H30F3N7/c1-3-31-5-4-16(11-31)12-32-13-18(29-30-32)6-15(2)19-7-20(19)21-8-22-17(9-27-21)10-28-33(22)14-23(24,25)26/h8-10,13,15-16,19-20H,3-7,11-12,14H2,1-2H3/t15?,16?,19-,20+/m1/s1. The monoisotopic (exact) mass is 461 g/mol. The fraction of sp³-hybridized carbons (Fsp3) is 0.652. The summed E-state index contributed by atoms with van der Waals surface area (Å²) in [6.07, 6.45) is 3.91. The van der Waals surface area contributed by atoms with Crippen molar-refractivity contribution in [2.45, 2.75) is 58.3 Å². The van der Waals surface area contributed by atoms with Gasteiger partial charge in [0.05, 0.1) is 17.4 Å². The number of likely N-dealkylation sites (tertiary alicyclic amines) is 1. The van der Waals surface area contributed by atoms with E-state index in [-0.39, 0.29) is 5.92 Å². The molecule has 3 aromatic heterocycles. The number of hydrogen-bond donors (Lipinski definition) is 0. The maximum absolute atomic E-state index is 12.9. The molecule has 1 saturated carbocycles. The van der Waals surface area contributed by atoms with Crippen molar-refractivity contribution >= 4 is 10.9 Å². The number of hydrogen-bond acceptors (Lipinski definition) is 5. The highest BCUT2D eigenvalue weighted by Crippen LogP contribution is 2.52. The van der Waals surface area contributed by atoms with Crippen molar-refractivity contribution in [2.24, 2.45) is 17.8 Å². The summed E-state index contributed by atoms with van der Waals surface area (Å²) >= 11 is 0. The molecule has 2 aliphatic rings. The first-order valence-corrected chi connectivity index (χ1v) is 11.8. The fourth-order valence-corrected chi connectivity index (χ4v) is 5.29. The second-order valence-corrected chi connectivity index (χ2v) is 9.75. The van der Waals surface area contributed by atoms with Crippen LogP contribution in [0.4, 0.5) is 13.2 Å². The lowest BCUT2D eigenvalue weighted by Crippen LogP contribution is -2.21. The molecular formula is C23H30F3N7. The number of aromatic nitrogens is 6. The van der Waals surface area contributed by atoms with Gasteiger partial charge in [0, 0.05) is 42.5 Å². The number of rotatable bonds is 8. The number of alkyl halides is 3. The Kier molecular flexibility index (Phi) is 5.88. The third-order valence-electron chi connectivity index (χ3n) is 7.21. The summed E-state index contributed by atoms with van der Waals surface area (Å²) in [5.74, 6) is 1.76. The normalized spacial score (nSPS) is 24.6. The maximum Gasteiger partial charge on any atom is 0.408 e. The molecule has 0 radical (unpaired) electrons. The van der Waals surface area contributed by atoms with E-state index in [1.54, 1.807) is 12.3 Å². The Balaban J connectivity index is 1.19. The van der Waals surface area contributed by atoms with E-state index in [4.69, 9.17) is 0 Å². The largest absolute Gasteiger partial charge is 0.408 e. The van der Waals surface area contributed by atoms with E-state index in [1.165, 1.54) is 19.2 Å². The maximum atomic E-state index is 12.9. The zero-order valence-corrected chi connectivity index (χ0v) is 19.0. The molecule has 0 aromatic carbocycles. The molecule has 0 bridgehead atoms. The first-order valence-electron chi connectivity index (χ1n) is 11.8. The number of fused-ring (bicyclic) bond motifs is 1. The van der Waals surface area contributed by atoms with Crippen molar-refractivity contribution in [3.63, 3.8) is 0 Å². The van der Waals surface area contributed by atoms with Gasteiger partial charge in [-0.3, -0.25) is 14.3 Å². The molecule has 0 N–H and O–H groups in total. The van der Waals surface area contributed by atoms with Gasteiger partial charge in [-0.05, 0) is 56.2 Å². The molecule has 178 valence electrons. The van der Waals surface area contributed by atoms with Gasteiger partial charge in [-0.15, -0.1) is 5.10 Å². The van der Waals surface area contributed by atoms with Crippen molar-refractivity contribution in [3.8, 4) is 0 Å². The summed E-state index contributed by atoms with van der Waals surface area (Å²) in [4.78, 5) is 6.99. The molecule has 5 rings (SSSR count). The summed E-state index contributed by atoms with van der Waals surface area (Å²) in [7, 11) is 0. The summed E-state index contributed by atoms with van der Waals surface area (Å²) < 4.78 is 41.5. The minimum absolute atomic E-state index is 0.271. The van der Waals surface area contributed by atoms with Crippen LogP contribution in [-0.2, 0) is 19.5 Å². The van der Waals surface area contributed by atoms with E-state index in [2.05, 4.69) is 45.3 Å². The predicted octanol–water partition coefficient (Wildman–Crippen LogP) is 3.91. The molecule has 1 aliphatic carbocycles. The van der Waals surface area contributed by atoms with Gasteiger partial charge in [-0.25, -0.2) is 0 Å². The highest BCUT2D eigenvalue weighted by molar-refractivity contribution is 5.78. The molecule has 1 aliphatic heterocycles. The van der Waals surface area contributed by atoms with Crippen LogP contribution in [0.3, 0.4) is 0 Å². The van der Waals surface area contributed by atoms with Gasteiger partial charge in [-0.1, -0.05) is 19.1 Å². The Morgan fingerprint density at radius 3 is 2.85 bits per heavy atom. The first kappa shape index (κ1) is 22.3. The number of nitrogens with zero attached hydrogens (tertiary/aromatic N) is 7. The van der Waals surface area contributed by atoms with Crippen LogP contribution in [0.2, 0.25) is 0 Å². The Morgan fingerprint density at radius 1 is 1.24 bits per heavy atom. The van der Waals surface area contributed by atoms with Crippen LogP contribution < -0.4 is 0 Å². The van der Waals surface area contributed by atoms with E-state index in [0.717, 1.165) is 48.5 Å². The molecule has 10 heteroatoms. The van der Waals surface area contributed by atoms with Crippen molar-refractivity contribution in [2.75, 3.05) is 19.6 Å². The zero-order valence-electron chi connectivity index (χ0n) is 19.0. The Morgan fingerprint density at radius 2 is 2.09 bits per heavy atom. The highest BCUT2D eigenvalue weighted by atomic mass is 19.4. The fourth-order valence-electron chi connectivity index (χ4n) is 5.29. The van der Waals surface area contributed by atoms with E-state index in [0.29, 0.717) is 28.7 Å². The van der Waals surface area contributed by atoms with Gasteiger partial charge in [0.2, 0.25) is 0 Å². The molecule has 2 fully saturated rings. The van der Waals surface area contributed by atoms with Gasteiger partial charge in [0.15, 0.2) is 0 Å².